The van der Waals surface area contributed by atoms with Crippen LogP contribution in [0, 0.1) is 23.0 Å². The van der Waals surface area contributed by atoms with Crippen LogP contribution < -0.4 is 0 Å². The Kier molecular flexibility index (Phi) is 6.00. The van der Waals surface area contributed by atoms with E-state index in [4.69, 9.17) is 0 Å². The molecule has 1 spiro atoms. The van der Waals surface area contributed by atoms with E-state index in [1.807, 2.05) is 0 Å². The maximum atomic E-state index is 13.4. The van der Waals surface area contributed by atoms with Gasteiger partial charge in [0.25, 0.3) is 0 Å². The van der Waals surface area contributed by atoms with E-state index in [9.17, 15) is 13.6 Å². The van der Waals surface area contributed by atoms with Gasteiger partial charge in [-0.05, 0) is 93.5 Å². The summed E-state index contributed by atoms with van der Waals surface area (Å²) < 4.78 is 26.5. The average molecular weight is 391 g/mol. The van der Waals surface area contributed by atoms with Crippen LogP contribution in [0.1, 0.15) is 63.4 Å². The molecule has 1 aromatic rings. The van der Waals surface area contributed by atoms with Crippen molar-refractivity contribution in [2.24, 2.45) is 11.3 Å². The number of carbonyl (C=O) groups excluding carboxylic acids is 1. The van der Waals surface area contributed by atoms with Crippen molar-refractivity contribution in [3.63, 3.8) is 0 Å². The zero-order valence-electron chi connectivity index (χ0n) is 16.8. The van der Waals surface area contributed by atoms with E-state index in [-0.39, 0.29) is 0 Å². The molecule has 154 valence electrons. The Morgan fingerprint density at radius 1 is 0.964 bits per heavy atom. The van der Waals surface area contributed by atoms with Crippen LogP contribution in [0.15, 0.2) is 18.2 Å². The normalized spacial score (nSPS) is 23.4. The number of hydrogen-bond acceptors (Lipinski definition) is 2. The van der Waals surface area contributed by atoms with E-state index in [2.05, 4.69) is 9.80 Å². The third-order valence-corrected chi connectivity index (χ3v) is 7.39. The van der Waals surface area contributed by atoms with Crippen molar-refractivity contribution in [3.8, 4) is 0 Å². The monoisotopic (exact) mass is 390 g/mol. The number of piperidine rings is 1. The molecule has 1 aliphatic carbocycles. The predicted octanol–water partition coefficient (Wildman–Crippen LogP) is 4.75. The standard InChI is InChI=1S/C23H32F2N2O/c24-20-4-3-19(15-21(20)25)17-26-13-9-23(10-14-26)7-5-18(6-8-23)16-22(28)27-11-1-2-12-27/h3-4,15,18H,1-2,5-14,16-17H2. The highest BCUT2D eigenvalue weighted by Crippen LogP contribution is 2.47. The summed E-state index contributed by atoms with van der Waals surface area (Å²) in [5.41, 5.74) is 1.29. The minimum Gasteiger partial charge on any atom is -0.343 e. The molecule has 3 fully saturated rings. The van der Waals surface area contributed by atoms with Gasteiger partial charge in [0, 0.05) is 26.1 Å². The quantitative estimate of drug-likeness (QED) is 0.741. The Labute approximate surface area is 167 Å². The van der Waals surface area contributed by atoms with Crippen LogP contribution in [0.4, 0.5) is 8.78 Å². The van der Waals surface area contributed by atoms with Crippen molar-refractivity contribution < 1.29 is 13.6 Å². The number of halogens is 2. The predicted molar refractivity (Wildman–Crippen MR) is 106 cm³/mol. The largest absolute Gasteiger partial charge is 0.343 e. The van der Waals surface area contributed by atoms with Gasteiger partial charge in [-0.1, -0.05) is 6.07 Å². The van der Waals surface area contributed by atoms with Crippen LogP contribution in [-0.4, -0.2) is 41.9 Å². The SMILES string of the molecule is O=C(CC1CCC2(CC1)CCN(Cc1ccc(F)c(F)c1)CC2)N1CCCC1. The first-order valence-electron chi connectivity index (χ1n) is 11.0. The Balaban J connectivity index is 1.22. The lowest BCUT2D eigenvalue weighted by Gasteiger charge is -2.46. The van der Waals surface area contributed by atoms with Gasteiger partial charge in [-0.3, -0.25) is 9.69 Å². The summed E-state index contributed by atoms with van der Waals surface area (Å²) in [5.74, 6) is -0.590. The molecule has 0 aromatic heterocycles. The molecule has 1 saturated carbocycles. The Bertz CT molecular complexity index is 684. The fraction of sp³-hybridized carbons (Fsp3) is 0.696. The molecule has 1 aromatic carbocycles. The number of carbonyl (C=O) groups is 1. The van der Waals surface area contributed by atoms with Crippen LogP contribution >= 0.6 is 0 Å². The van der Waals surface area contributed by atoms with Gasteiger partial charge in [0.2, 0.25) is 5.91 Å². The van der Waals surface area contributed by atoms with E-state index in [1.165, 1.54) is 63.5 Å². The molecule has 2 heterocycles. The summed E-state index contributed by atoms with van der Waals surface area (Å²) in [6, 6.07) is 4.23. The van der Waals surface area contributed by atoms with Gasteiger partial charge in [0.15, 0.2) is 11.6 Å². The molecular formula is C23H32F2N2O. The minimum atomic E-state index is -0.777. The third-order valence-electron chi connectivity index (χ3n) is 7.39. The highest BCUT2D eigenvalue weighted by molar-refractivity contribution is 5.76. The highest BCUT2D eigenvalue weighted by atomic mass is 19.2. The molecule has 0 N–H and O–H groups in total. The number of amides is 1. The molecule has 0 atom stereocenters. The number of benzene rings is 1. The van der Waals surface area contributed by atoms with Gasteiger partial charge in [-0.25, -0.2) is 8.78 Å². The van der Waals surface area contributed by atoms with Gasteiger partial charge < -0.3 is 4.90 Å². The fourth-order valence-electron chi connectivity index (χ4n) is 5.42. The maximum Gasteiger partial charge on any atom is 0.222 e. The van der Waals surface area contributed by atoms with Crippen molar-refractivity contribution in [2.75, 3.05) is 26.2 Å². The average Bonchev–Trinajstić information content (AvgIpc) is 3.24. The molecule has 0 radical (unpaired) electrons. The van der Waals surface area contributed by atoms with E-state index in [0.717, 1.165) is 38.2 Å². The van der Waals surface area contributed by atoms with Crippen LogP contribution in [0.3, 0.4) is 0 Å². The summed E-state index contributed by atoms with van der Waals surface area (Å²) in [5, 5.41) is 0. The molecule has 28 heavy (non-hydrogen) atoms. The zero-order valence-corrected chi connectivity index (χ0v) is 16.8. The molecule has 2 saturated heterocycles. The van der Waals surface area contributed by atoms with E-state index < -0.39 is 11.6 Å². The lowest BCUT2D eigenvalue weighted by molar-refractivity contribution is -0.131. The first kappa shape index (κ1) is 19.8. The number of nitrogens with zero attached hydrogens (tertiary/aromatic N) is 2. The molecule has 2 aliphatic heterocycles. The zero-order chi connectivity index (χ0) is 19.6. The van der Waals surface area contributed by atoms with Gasteiger partial charge >= 0.3 is 0 Å². The second-order valence-corrected chi connectivity index (χ2v) is 9.26. The summed E-state index contributed by atoms with van der Waals surface area (Å²) in [7, 11) is 0. The van der Waals surface area contributed by atoms with Crippen LogP contribution in [0.25, 0.3) is 0 Å². The van der Waals surface area contributed by atoms with Gasteiger partial charge in [0.05, 0.1) is 0 Å². The first-order valence-corrected chi connectivity index (χ1v) is 11.0. The maximum absolute atomic E-state index is 13.4. The smallest absolute Gasteiger partial charge is 0.222 e. The molecular weight excluding hydrogens is 358 g/mol. The van der Waals surface area contributed by atoms with Crippen molar-refractivity contribution in [3.05, 3.63) is 35.4 Å². The minimum absolute atomic E-state index is 0.375. The second-order valence-electron chi connectivity index (χ2n) is 9.26. The summed E-state index contributed by atoms with van der Waals surface area (Å²) in [6.45, 7) is 4.67. The van der Waals surface area contributed by atoms with Crippen LogP contribution in [-0.2, 0) is 11.3 Å². The van der Waals surface area contributed by atoms with E-state index >= 15 is 0 Å². The van der Waals surface area contributed by atoms with Crippen molar-refractivity contribution in [1.29, 1.82) is 0 Å². The van der Waals surface area contributed by atoms with Gasteiger partial charge in [-0.15, -0.1) is 0 Å². The lowest BCUT2D eigenvalue weighted by Crippen LogP contribution is -2.42. The highest BCUT2D eigenvalue weighted by Gasteiger charge is 2.38. The van der Waals surface area contributed by atoms with Crippen molar-refractivity contribution in [2.45, 2.75) is 64.3 Å². The molecule has 3 aliphatic rings. The van der Waals surface area contributed by atoms with E-state index in [0.29, 0.717) is 23.8 Å². The summed E-state index contributed by atoms with van der Waals surface area (Å²) in [4.78, 5) is 16.8. The Morgan fingerprint density at radius 3 is 2.29 bits per heavy atom. The number of likely N-dealkylation sites (tertiary alicyclic amines) is 2. The molecule has 3 nitrogen and oxygen atoms in total. The van der Waals surface area contributed by atoms with Crippen molar-refractivity contribution in [1.82, 2.24) is 9.80 Å². The van der Waals surface area contributed by atoms with Crippen molar-refractivity contribution >= 4 is 5.91 Å². The summed E-state index contributed by atoms with van der Waals surface area (Å²) in [6.07, 6.45) is 10.3. The molecule has 1 amide bonds. The Morgan fingerprint density at radius 2 is 1.64 bits per heavy atom. The summed E-state index contributed by atoms with van der Waals surface area (Å²) >= 11 is 0. The molecule has 0 bridgehead atoms. The Hall–Kier alpha value is -1.49. The van der Waals surface area contributed by atoms with Gasteiger partial charge in [-0.2, -0.15) is 0 Å². The van der Waals surface area contributed by atoms with Gasteiger partial charge in [0.1, 0.15) is 0 Å². The van der Waals surface area contributed by atoms with Crippen LogP contribution in [0.5, 0.6) is 0 Å². The second kappa shape index (κ2) is 8.48. The number of rotatable bonds is 4. The molecule has 0 unspecified atom stereocenters. The third kappa shape index (κ3) is 4.56. The number of hydrogen-bond donors (Lipinski definition) is 0. The van der Waals surface area contributed by atoms with Crippen LogP contribution in [0.2, 0.25) is 0 Å². The first-order chi connectivity index (χ1) is 13.5. The molecule has 5 heteroatoms. The topological polar surface area (TPSA) is 23.6 Å². The van der Waals surface area contributed by atoms with E-state index in [1.54, 1.807) is 6.07 Å². The molecule has 4 rings (SSSR count). The lowest BCUT2D eigenvalue weighted by atomic mass is 9.65. The fourth-order valence-corrected chi connectivity index (χ4v) is 5.42.